The van der Waals surface area contributed by atoms with Crippen LogP contribution in [0.15, 0.2) is 0 Å². The van der Waals surface area contributed by atoms with Crippen LogP contribution in [0.1, 0.15) is 38.5 Å². The highest BCUT2D eigenvalue weighted by Crippen LogP contribution is 2.24. The third-order valence-corrected chi connectivity index (χ3v) is 5.06. The maximum absolute atomic E-state index is 11.8. The van der Waals surface area contributed by atoms with E-state index in [4.69, 9.17) is 9.72 Å². The highest BCUT2D eigenvalue weighted by atomic mass is 16.5. The van der Waals surface area contributed by atoms with E-state index in [0.29, 0.717) is 17.9 Å². The Morgan fingerprint density at radius 1 is 0.960 bits per heavy atom. The Kier molecular flexibility index (Phi) is 5.88. The van der Waals surface area contributed by atoms with Crippen molar-refractivity contribution in [3.8, 4) is 6.01 Å². The van der Waals surface area contributed by atoms with E-state index in [-0.39, 0.29) is 11.8 Å². The van der Waals surface area contributed by atoms with Crippen LogP contribution in [0.3, 0.4) is 0 Å². The summed E-state index contributed by atoms with van der Waals surface area (Å²) in [4.78, 5) is 29.8. The lowest BCUT2D eigenvalue weighted by molar-refractivity contribution is -0.125. The van der Waals surface area contributed by atoms with Crippen molar-refractivity contribution in [3.63, 3.8) is 0 Å². The molecule has 1 aromatic rings. The lowest BCUT2D eigenvalue weighted by Gasteiger charge is -2.31. The number of nitrogens with zero attached hydrogens (tertiary/aromatic N) is 5. The first-order valence-corrected chi connectivity index (χ1v) is 9.23. The number of nitrogens with one attached hydrogen (secondary N) is 1. The number of hydrogen-bond acceptors (Lipinski definition) is 7. The number of anilines is 2. The molecule has 0 bridgehead atoms. The molecule has 2 aliphatic rings. The number of methoxy groups -OCH3 is 1. The molecule has 8 nitrogen and oxygen atoms in total. The molecule has 138 valence electrons. The van der Waals surface area contributed by atoms with Gasteiger partial charge < -0.3 is 19.9 Å². The van der Waals surface area contributed by atoms with Crippen molar-refractivity contribution in [1.82, 2.24) is 20.3 Å². The van der Waals surface area contributed by atoms with Crippen LogP contribution in [-0.2, 0) is 4.79 Å². The topological polar surface area (TPSA) is 83.5 Å². The summed E-state index contributed by atoms with van der Waals surface area (Å²) in [7, 11) is 3.28. The molecule has 1 aromatic heterocycles. The average molecular weight is 348 g/mol. The molecule has 2 aliphatic heterocycles. The third kappa shape index (κ3) is 4.29. The number of carbonyl (C=O) groups excluding carboxylic acids is 1. The maximum atomic E-state index is 11.8. The quantitative estimate of drug-likeness (QED) is 0.876. The summed E-state index contributed by atoms with van der Waals surface area (Å²) in [5.41, 5.74) is 0. The Hall–Kier alpha value is -2.12. The van der Waals surface area contributed by atoms with E-state index in [2.05, 4.69) is 25.1 Å². The van der Waals surface area contributed by atoms with Gasteiger partial charge in [-0.2, -0.15) is 15.0 Å². The van der Waals surface area contributed by atoms with Crippen LogP contribution in [0.5, 0.6) is 6.01 Å². The molecule has 0 spiro atoms. The van der Waals surface area contributed by atoms with Gasteiger partial charge in [-0.1, -0.05) is 12.8 Å². The molecule has 2 saturated heterocycles. The fraction of sp³-hybridized carbons (Fsp3) is 0.765. The number of amides is 1. The number of carbonyl (C=O) groups is 1. The molecule has 0 aromatic carbocycles. The van der Waals surface area contributed by atoms with Gasteiger partial charge >= 0.3 is 6.01 Å². The van der Waals surface area contributed by atoms with Gasteiger partial charge in [0.2, 0.25) is 17.8 Å². The predicted octanol–water partition coefficient (Wildman–Crippen LogP) is 1.22. The monoisotopic (exact) mass is 348 g/mol. The molecule has 3 heterocycles. The van der Waals surface area contributed by atoms with Crippen molar-refractivity contribution >= 4 is 17.8 Å². The Bertz CT molecular complexity index is 581. The van der Waals surface area contributed by atoms with Gasteiger partial charge in [0.05, 0.1) is 7.11 Å². The first kappa shape index (κ1) is 17.7. The van der Waals surface area contributed by atoms with Gasteiger partial charge in [-0.25, -0.2) is 0 Å². The summed E-state index contributed by atoms with van der Waals surface area (Å²) in [5, 5.41) is 2.74. The predicted molar refractivity (Wildman–Crippen MR) is 96.1 cm³/mol. The summed E-state index contributed by atoms with van der Waals surface area (Å²) in [6.45, 7) is 3.49. The molecule has 1 amide bonds. The van der Waals surface area contributed by atoms with Gasteiger partial charge in [-0.05, 0) is 25.7 Å². The summed E-state index contributed by atoms with van der Waals surface area (Å²) in [6, 6.07) is 0.359. The van der Waals surface area contributed by atoms with Gasteiger partial charge in [0.25, 0.3) is 0 Å². The lowest BCUT2D eigenvalue weighted by atomic mass is 9.96. The first-order chi connectivity index (χ1) is 12.2. The van der Waals surface area contributed by atoms with Gasteiger partial charge in [0.1, 0.15) is 0 Å². The second-order valence-electron chi connectivity index (χ2n) is 6.70. The van der Waals surface area contributed by atoms with Crippen molar-refractivity contribution in [2.24, 2.45) is 5.92 Å². The van der Waals surface area contributed by atoms with Crippen molar-refractivity contribution in [1.29, 1.82) is 0 Å². The summed E-state index contributed by atoms with van der Waals surface area (Å²) in [5.74, 6) is 1.56. The minimum absolute atomic E-state index is 0.0788. The molecule has 0 atom stereocenters. The standard InChI is InChI=1S/C17H28N6O2/c1-18-14(24)13-7-11-23(12-8-13)16-19-15(20-17(21-16)25-2)22-9-5-3-4-6-10-22/h13H,3-12H2,1-2H3,(H,18,24). The van der Waals surface area contributed by atoms with E-state index < -0.39 is 0 Å². The smallest absolute Gasteiger partial charge is 0.322 e. The molecule has 3 rings (SSSR count). The Labute approximate surface area is 149 Å². The van der Waals surface area contributed by atoms with Crippen molar-refractivity contribution in [2.75, 3.05) is 50.1 Å². The maximum Gasteiger partial charge on any atom is 0.322 e. The van der Waals surface area contributed by atoms with Gasteiger partial charge in [0.15, 0.2) is 0 Å². The largest absolute Gasteiger partial charge is 0.467 e. The SMILES string of the molecule is CNC(=O)C1CCN(c2nc(OC)nc(N3CCCCCC3)n2)CC1. The molecule has 8 heteroatoms. The van der Waals surface area contributed by atoms with Crippen molar-refractivity contribution in [3.05, 3.63) is 0 Å². The molecule has 0 aliphatic carbocycles. The second-order valence-corrected chi connectivity index (χ2v) is 6.70. The highest BCUT2D eigenvalue weighted by molar-refractivity contribution is 5.78. The van der Waals surface area contributed by atoms with E-state index >= 15 is 0 Å². The zero-order valence-corrected chi connectivity index (χ0v) is 15.2. The number of aromatic nitrogens is 3. The Morgan fingerprint density at radius 2 is 1.52 bits per heavy atom. The van der Waals surface area contributed by atoms with Gasteiger partial charge in [-0.15, -0.1) is 0 Å². The summed E-state index contributed by atoms with van der Waals surface area (Å²) in [6.07, 6.45) is 6.48. The lowest BCUT2D eigenvalue weighted by Crippen LogP contribution is -2.40. The van der Waals surface area contributed by atoms with Crippen molar-refractivity contribution in [2.45, 2.75) is 38.5 Å². The van der Waals surface area contributed by atoms with Crippen molar-refractivity contribution < 1.29 is 9.53 Å². The Morgan fingerprint density at radius 3 is 2.04 bits per heavy atom. The van der Waals surface area contributed by atoms with Crippen LogP contribution in [0.25, 0.3) is 0 Å². The van der Waals surface area contributed by atoms with Gasteiger partial charge in [0, 0.05) is 39.1 Å². The van der Waals surface area contributed by atoms with Gasteiger partial charge in [-0.3, -0.25) is 4.79 Å². The zero-order valence-electron chi connectivity index (χ0n) is 15.2. The molecule has 0 saturated carbocycles. The highest BCUT2D eigenvalue weighted by Gasteiger charge is 2.26. The van der Waals surface area contributed by atoms with Crippen LogP contribution < -0.4 is 19.9 Å². The number of rotatable bonds is 4. The number of piperidine rings is 1. The molecular weight excluding hydrogens is 320 g/mol. The van der Waals surface area contributed by atoms with E-state index in [0.717, 1.165) is 39.0 Å². The normalized spacial score (nSPS) is 19.4. The number of ether oxygens (including phenoxy) is 1. The molecular formula is C17H28N6O2. The minimum Gasteiger partial charge on any atom is -0.467 e. The fourth-order valence-electron chi connectivity index (χ4n) is 3.53. The Balaban J connectivity index is 1.75. The molecule has 1 N–H and O–H groups in total. The van der Waals surface area contributed by atoms with E-state index in [1.54, 1.807) is 14.2 Å². The summed E-state index contributed by atoms with van der Waals surface area (Å²) >= 11 is 0. The van der Waals surface area contributed by atoms with Crippen LogP contribution in [0.2, 0.25) is 0 Å². The average Bonchev–Trinajstić information content (AvgIpc) is 2.96. The second kappa shape index (κ2) is 8.31. The first-order valence-electron chi connectivity index (χ1n) is 9.23. The third-order valence-electron chi connectivity index (χ3n) is 5.06. The van der Waals surface area contributed by atoms with Crippen LogP contribution in [0.4, 0.5) is 11.9 Å². The van der Waals surface area contributed by atoms with E-state index in [9.17, 15) is 4.79 Å². The molecule has 0 unspecified atom stereocenters. The zero-order chi connectivity index (χ0) is 17.6. The van der Waals surface area contributed by atoms with E-state index in [1.807, 2.05) is 0 Å². The fourth-order valence-corrected chi connectivity index (χ4v) is 3.53. The molecule has 0 radical (unpaired) electrons. The summed E-state index contributed by atoms with van der Waals surface area (Å²) < 4.78 is 5.31. The minimum atomic E-state index is 0.0788. The molecule has 25 heavy (non-hydrogen) atoms. The van der Waals surface area contributed by atoms with Crippen LogP contribution in [-0.4, -0.2) is 61.2 Å². The number of hydrogen-bond donors (Lipinski definition) is 1. The van der Waals surface area contributed by atoms with Crippen LogP contribution >= 0.6 is 0 Å². The van der Waals surface area contributed by atoms with Crippen LogP contribution in [0, 0.1) is 5.92 Å². The molecule has 2 fully saturated rings. The van der Waals surface area contributed by atoms with E-state index in [1.165, 1.54) is 25.7 Å².